The Morgan fingerprint density at radius 1 is 1.27 bits per heavy atom. The van der Waals surface area contributed by atoms with Gasteiger partial charge in [-0.25, -0.2) is 0 Å². The molecule has 0 saturated carbocycles. The molecule has 0 aliphatic carbocycles. The van der Waals surface area contributed by atoms with E-state index in [4.69, 9.17) is 5.73 Å². The molecule has 1 unspecified atom stereocenters. The Hall–Kier alpha value is -0.220. The van der Waals surface area contributed by atoms with Crippen molar-refractivity contribution < 1.29 is 0 Å². The second kappa shape index (κ2) is 7.12. The molecule has 0 saturated heterocycles. The molecule has 1 rings (SSSR count). The van der Waals surface area contributed by atoms with Gasteiger partial charge in [0.2, 0.25) is 0 Å². The number of rotatable bonds is 4. The van der Waals surface area contributed by atoms with Crippen LogP contribution in [0.5, 0.6) is 0 Å². The first kappa shape index (κ1) is 14.8. The van der Waals surface area contributed by atoms with Gasteiger partial charge < -0.3 is 10.6 Å². The van der Waals surface area contributed by atoms with Crippen LogP contribution in [0.4, 0.5) is 0 Å². The van der Waals surface area contributed by atoms with E-state index in [1.54, 1.807) is 11.8 Å². The van der Waals surface area contributed by atoms with E-state index in [0.29, 0.717) is 12.6 Å². The fourth-order valence-electron chi connectivity index (χ4n) is 1.47. The molecule has 0 aliphatic heterocycles. The molecular weight excluding hydrogens is 228 g/mol. The molecule has 4 heteroatoms. The highest BCUT2D eigenvalue weighted by Gasteiger charge is 2.10. The van der Waals surface area contributed by atoms with Crippen molar-refractivity contribution in [3.63, 3.8) is 0 Å². The third-order valence-corrected chi connectivity index (χ3v) is 3.09. The summed E-state index contributed by atoms with van der Waals surface area (Å²) >= 11 is 1.76. The van der Waals surface area contributed by atoms with Gasteiger partial charge in [-0.3, -0.25) is 0 Å². The van der Waals surface area contributed by atoms with Gasteiger partial charge in [-0.2, -0.15) is 0 Å². The van der Waals surface area contributed by atoms with Crippen molar-refractivity contribution in [2.45, 2.75) is 10.9 Å². The van der Waals surface area contributed by atoms with E-state index in [-0.39, 0.29) is 12.4 Å². The van der Waals surface area contributed by atoms with E-state index in [9.17, 15) is 0 Å². The van der Waals surface area contributed by atoms with Crippen molar-refractivity contribution in [2.75, 3.05) is 26.9 Å². The molecular formula is C11H19ClN2S. The Morgan fingerprint density at radius 3 is 2.13 bits per heavy atom. The number of benzene rings is 1. The minimum atomic E-state index is 0. The van der Waals surface area contributed by atoms with Crippen molar-refractivity contribution in [3.05, 3.63) is 29.8 Å². The van der Waals surface area contributed by atoms with Gasteiger partial charge in [-0.05, 0) is 38.0 Å². The monoisotopic (exact) mass is 246 g/mol. The SMILES string of the molecule is CSc1ccc(C(CN)N(C)C)cc1.Cl. The maximum Gasteiger partial charge on any atom is 0.0464 e. The molecule has 0 spiro atoms. The largest absolute Gasteiger partial charge is 0.329 e. The van der Waals surface area contributed by atoms with Gasteiger partial charge in [0.05, 0.1) is 0 Å². The average molecular weight is 247 g/mol. The predicted octanol–water partition coefficient (Wildman–Crippen LogP) is 2.39. The molecule has 2 N–H and O–H groups in total. The minimum absolute atomic E-state index is 0. The molecule has 1 atom stereocenters. The highest BCUT2D eigenvalue weighted by atomic mass is 35.5. The van der Waals surface area contributed by atoms with Crippen molar-refractivity contribution in [1.29, 1.82) is 0 Å². The normalized spacial score (nSPS) is 12.3. The summed E-state index contributed by atoms with van der Waals surface area (Å²) in [4.78, 5) is 3.44. The van der Waals surface area contributed by atoms with Crippen LogP contribution in [0.2, 0.25) is 0 Å². The number of nitrogens with two attached hydrogens (primary N) is 1. The summed E-state index contributed by atoms with van der Waals surface area (Å²) in [5.74, 6) is 0. The second-order valence-electron chi connectivity index (χ2n) is 3.49. The van der Waals surface area contributed by atoms with Gasteiger partial charge in [-0.15, -0.1) is 24.2 Å². The molecule has 2 nitrogen and oxygen atoms in total. The number of thioether (sulfide) groups is 1. The molecule has 0 fully saturated rings. The van der Waals surface area contributed by atoms with Crippen molar-refractivity contribution in [3.8, 4) is 0 Å². The standard InChI is InChI=1S/C11H18N2S.ClH/c1-13(2)11(8-12)9-4-6-10(14-3)7-5-9;/h4-7,11H,8,12H2,1-3H3;1H. The first-order valence-electron chi connectivity index (χ1n) is 4.69. The number of hydrogen-bond donors (Lipinski definition) is 1. The van der Waals surface area contributed by atoms with Gasteiger partial charge >= 0.3 is 0 Å². The van der Waals surface area contributed by atoms with E-state index in [0.717, 1.165) is 0 Å². The second-order valence-corrected chi connectivity index (χ2v) is 4.37. The quantitative estimate of drug-likeness (QED) is 0.828. The lowest BCUT2D eigenvalue weighted by Crippen LogP contribution is -2.27. The zero-order chi connectivity index (χ0) is 10.6. The van der Waals surface area contributed by atoms with E-state index in [1.165, 1.54) is 10.5 Å². The van der Waals surface area contributed by atoms with E-state index in [2.05, 4.69) is 49.5 Å². The van der Waals surface area contributed by atoms with Crippen LogP contribution in [-0.4, -0.2) is 31.8 Å². The summed E-state index contributed by atoms with van der Waals surface area (Å²) in [6.45, 7) is 0.658. The Labute approximate surface area is 103 Å². The first-order chi connectivity index (χ1) is 6.69. The smallest absolute Gasteiger partial charge is 0.0464 e. The molecule has 0 radical (unpaired) electrons. The van der Waals surface area contributed by atoms with Gasteiger partial charge in [0.1, 0.15) is 0 Å². The van der Waals surface area contributed by atoms with E-state index < -0.39 is 0 Å². The van der Waals surface area contributed by atoms with Crippen LogP contribution in [0.3, 0.4) is 0 Å². The number of hydrogen-bond acceptors (Lipinski definition) is 3. The van der Waals surface area contributed by atoms with Gasteiger partial charge in [0, 0.05) is 17.5 Å². The highest BCUT2D eigenvalue weighted by Crippen LogP contribution is 2.20. The maximum absolute atomic E-state index is 5.73. The molecule has 0 aromatic heterocycles. The van der Waals surface area contributed by atoms with E-state index in [1.807, 2.05) is 0 Å². The minimum Gasteiger partial charge on any atom is -0.329 e. The molecule has 0 aliphatic rings. The summed E-state index contributed by atoms with van der Waals surface area (Å²) in [7, 11) is 4.11. The predicted molar refractivity (Wildman–Crippen MR) is 71.0 cm³/mol. The summed E-state index contributed by atoms with van der Waals surface area (Å²) in [5.41, 5.74) is 7.02. The summed E-state index contributed by atoms with van der Waals surface area (Å²) in [6.07, 6.45) is 2.08. The average Bonchev–Trinajstić information content (AvgIpc) is 2.19. The van der Waals surface area contributed by atoms with Gasteiger partial charge in [0.15, 0.2) is 0 Å². The van der Waals surface area contributed by atoms with Crippen LogP contribution in [-0.2, 0) is 0 Å². The third-order valence-electron chi connectivity index (χ3n) is 2.35. The van der Waals surface area contributed by atoms with Gasteiger partial charge in [0.25, 0.3) is 0 Å². The molecule has 0 amide bonds. The van der Waals surface area contributed by atoms with Crippen LogP contribution >= 0.6 is 24.2 Å². The van der Waals surface area contributed by atoms with Crippen LogP contribution in [0.25, 0.3) is 0 Å². The van der Waals surface area contributed by atoms with Crippen LogP contribution < -0.4 is 5.73 Å². The van der Waals surface area contributed by atoms with Crippen molar-refractivity contribution in [1.82, 2.24) is 4.90 Å². The fourth-order valence-corrected chi connectivity index (χ4v) is 1.88. The topological polar surface area (TPSA) is 29.3 Å². The molecule has 0 bridgehead atoms. The van der Waals surface area contributed by atoms with Crippen molar-refractivity contribution in [2.24, 2.45) is 5.73 Å². The Bertz CT molecular complexity index is 274. The van der Waals surface area contributed by atoms with Crippen molar-refractivity contribution >= 4 is 24.2 Å². The number of likely N-dealkylation sites (N-methyl/N-ethyl adjacent to an activating group) is 1. The lowest BCUT2D eigenvalue weighted by atomic mass is 10.1. The summed E-state index contributed by atoms with van der Waals surface area (Å²) in [5, 5.41) is 0. The van der Waals surface area contributed by atoms with Crippen LogP contribution in [0.15, 0.2) is 29.2 Å². The molecule has 1 aromatic rings. The summed E-state index contributed by atoms with van der Waals surface area (Å²) in [6, 6.07) is 8.93. The van der Waals surface area contributed by atoms with Crippen LogP contribution in [0, 0.1) is 0 Å². The molecule has 15 heavy (non-hydrogen) atoms. The lowest BCUT2D eigenvalue weighted by Gasteiger charge is -2.23. The molecule has 86 valence electrons. The Morgan fingerprint density at radius 2 is 1.80 bits per heavy atom. The Kier molecular flexibility index (Phi) is 7.02. The first-order valence-corrected chi connectivity index (χ1v) is 5.92. The maximum atomic E-state index is 5.73. The third kappa shape index (κ3) is 4.03. The molecule has 1 aromatic carbocycles. The number of nitrogens with zero attached hydrogens (tertiary/aromatic N) is 1. The Balaban J connectivity index is 0.00000196. The summed E-state index contributed by atoms with van der Waals surface area (Å²) < 4.78 is 0. The van der Waals surface area contributed by atoms with E-state index >= 15 is 0 Å². The fraction of sp³-hybridized carbons (Fsp3) is 0.455. The number of halogens is 1. The van der Waals surface area contributed by atoms with Gasteiger partial charge in [-0.1, -0.05) is 12.1 Å². The zero-order valence-electron chi connectivity index (χ0n) is 9.43. The zero-order valence-corrected chi connectivity index (χ0v) is 11.1. The van der Waals surface area contributed by atoms with Crippen LogP contribution in [0.1, 0.15) is 11.6 Å². The molecule has 0 heterocycles. The highest BCUT2D eigenvalue weighted by molar-refractivity contribution is 7.98. The lowest BCUT2D eigenvalue weighted by molar-refractivity contribution is 0.306.